The van der Waals surface area contributed by atoms with Crippen LogP contribution in [-0.4, -0.2) is 30.0 Å². The van der Waals surface area contributed by atoms with E-state index in [0.29, 0.717) is 0 Å². The van der Waals surface area contributed by atoms with Crippen molar-refractivity contribution in [3.05, 3.63) is 23.8 Å². The van der Waals surface area contributed by atoms with Crippen molar-refractivity contribution < 1.29 is 0 Å². The highest BCUT2D eigenvalue weighted by atomic mass is 15.5. The van der Waals surface area contributed by atoms with E-state index in [1.807, 2.05) is 17.8 Å². The van der Waals surface area contributed by atoms with Gasteiger partial charge in [-0.2, -0.15) is 5.10 Å². The van der Waals surface area contributed by atoms with Crippen molar-refractivity contribution >= 4 is 0 Å². The molecule has 2 rings (SSSR count). The minimum absolute atomic E-state index is 0.800. The van der Waals surface area contributed by atoms with Gasteiger partial charge in [0.25, 0.3) is 0 Å². The third-order valence-electron chi connectivity index (χ3n) is 2.33. The minimum atomic E-state index is 0.800. The molecule has 0 unspecified atom stereocenters. The Morgan fingerprint density at radius 2 is 2.27 bits per heavy atom. The third kappa shape index (κ3) is 2.20. The van der Waals surface area contributed by atoms with Crippen molar-refractivity contribution in [3.63, 3.8) is 0 Å². The van der Waals surface area contributed by atoms with Crippen LogP contribution in [0.2, 0.25) is 0 Å². The number of hydrogen-bond donors (Lipinski definition) is 0. The lowest BCUT2D eigenvalue weighted by atomic mass is 10.2. The van der Waals surface area contributed by atoms with E-state index in [0.717, 1.165) is 25.3 Å². The lowest BCUT2D eigenvalue weighted by molar-refractivity contribution is 0.575. The van der Waals surface area contributed by atoms with Gasteiger partial charge in [-0.05, 0) is 36.3 Å². The van der Waals surface area contributed by atoms with Gasteiger partial charge in [0.15, 0.2) is 0 Å². The van der Waals surface area contributed by atoms with Crippen LogP contribution in [0.1, 0.15) is 18.3 Å². The normalized spacial score (nSPS) is 10.8. The van der Waals surface area contributed by atoms with E-state index in [1.165, 1.54) is 5.56 Å². The monoisotopic (exact) mass is 206 g/mol. The second-order valence-electron chi connectivity index (χ2n) is 3.40. The largest absolute Gasteiger partial charge is 0.273 e. The van der Waals surface area contributed by atoms with Crippen LogP contribution in [0.3, 0.4) is 0 Å². The van der Waals surface area contributed by atoms with Gasteiger partial charge in [-0.3, -0.25) is 4.68 Å². The number of nitrogens with zero attached hydrogens (tertiary/aromatic N) is 6. The zero-order valence-corrected chi connectivity index (χ0v) is 8.96. The van der Waals surface area contributed by atoms with Crippen LogP contribution in [-0.2, 0) is 19.5 Å². The highest BCUT2D eigenvalue weighted by molar-refractivity contribution is 5.03. The Labute approximate surface area is 87.9 Å². The molecule has 0 saturated carbocycles. The van der Waals surface area contributed by atoms with Crippen molar-refractivity contribution in [2.75, 3.05) is 0 Å². The molecule has 0 saturated heterocycles. The predicted molar refractivity (Wildman–Crippen MR) is 54.2 cm³/mol. The Morgan fingerprint density at radius 1 is 1.40 bits per heavy atom. The summed E-state index contributed by atoms with van der Waals surface area (Å²) in [6, 6.07) is 0. The molecule has 80 valence electrons. The fourth-order valence-corrected chi connectivity index (χ4v) is 1.40. The number of aryl methyl sites for hydroxylation is 4. The van der Waals surface area contributed by atoms with Crippen molar-refractivity contribution in [2.24, 2.45) is 0 Å². The molecule has 2 heterocycles. The Hall–Kier alpha value is -1.72. The first-order chi connectivity index (χ1) is 7.29. The van der Waals surface area contributed by atoms with Crippen LogP contribution in [0.5, 0.6) is 0 Å². The van der Waals surface area contributed by atoms with Gasteiger partial charge in [0.2, 0.25) is 0 Å². The second kappa shape index (κ2) is 4.20. The summed E-state index contributed by atoms with van der Waals surface area (Å²) >= 11 is 0. The van der Waals surface area contributed by atoms with Crippen molar-refractivity contribution in [3.8, 4) is 0 Å². The summed E-state index contributed by atoms with van der Waals surface area (Å²) in [7, 11) is 0. The Bertz CT molecular complexity index is 429. The highest BCUT2D eigenvalue weighted by Crippen LogP contribution is 2.01. The average molecular weight is 206 g/mol. The van der Waals surface area contributed by atoms with Gasteiger partial charge in [-0.1, -0.05) is 0 Å². The van der Waals surface area contributed by atoms with Crippen molar-refractivity contribution in [2.45, 2.75) is 33.4 Å². The summed E-state index contributed by atoms with van der Waals surface area (Å²) in [5, 5.41) is 15.5. The summed E-state index contributed by atoms with van der Waals surface area (Å²) in [5.41, 5.74) is 1.21. The summed E-state index contributed by atoms with van der Waals surface area (Å²) in [5.74, 6) is 0.845. The molecule has 0 fully saturated rings. The van der Waals surface area contributed by atoms with Gasteiger partial charge in [0.05, 0.1) is 6.20 Å². The predicted octanol–water partition coefficient (Wildman–Crippen LogP) is 0.441. The van der Waals surface area contributed by atoms with Gasteiger partial charge >= 0.3 is 0 Å². The molecule has 2 aromatic rings. The van der Waals surface area contributed by atoms with Crippen LogP contribution in [0.25, 0.3) is 0 Å². The molecule has 0 aromatic carbocycles. The van der Waals surface area contributed by atoms with E-state index in [9.17, 15) is 0 Å². The molecule has 0 spiro atoms. The molecule has 6 heteroatoms. The third-order valence-corrected chi connectivity index (χ3v) is 2.33. The first kappa shape index (κ1) is 9.82. The van der Waals surface area contributed by atoms with Gasteiger partial charge in [-0.25, -0.2) is 4.68 Å². The topological polar surface area (TPSA) is 61.4 Å². The summed E-state index contributed by atoms with van der Waals surface area (Å²) in [4.78, 5) is 0. The lowest BCUT2D eigenvalue weighted by Crippen LogP contribution is -2.05. The molecule has 6 nitrogen and oxygen atoms in total. The average Bonchev–Trinajstić information content (AvgIpc) is 2.84. The molecular formula is C9H14N6. The van der Waals surface area contributed by atoms with Crippen molar-refractivity contribution in [1.82, 2.24) is 30.0 Å². The van der Waals surface area contributed by atoms with Crippen LogP contribution >= 0.6 is 0 Å². The molecule has 0 atom stereocenters. The van der Waals surface area contributed by atoms with E-state index >= 15 is 0 Å². The molecule has 0 aliphatic heterocycles. The zero-order valence-electron chi connectivity index (χ0n) is 8.96. The molecular weight excluding hydrogens is 192 g/mol. The van der Waals surface area contributed by atoms with Gasteiger partial charge < -0.3 is 0 Å². The van der Waals surface area contributed by atoms with Crippen LogP contribution in [0.4, 0.5) is 0 Å². The molecule has 0 amide bonds. The summed E-state index contributed by atoms with van der Waals surface area (Å²) in [6.45, 7) is 5.68. The molecule has 15 heavy (non-hydrogen) atoms. The number of aromatic nitrogens is 6. The fraction of sp³-hybridized carbons (Fsp3) is 0.556. The van der Waals surface area contributed by atoms with E-state index in [-0.39, 0.29) is 0 Å². The van der Waals surface area contributed by atoms with Gasteiger partial charge in [0.1, 0.15) is 5.82 Å². The summed E-state index contributed by atoms with van der Waals surface area (Å²) in [6.07, 6.45) is 4.86. The molecule has 2 aromatic heterocycles. The Morgan fingerprint density at radius 3 is 2.87 bits per heavy atom. The zero-order chi connectivity index (χ0) is 10.7. The maximum Gasteiger partial charge on any atom is 0.148 e. The van der Waals surface area contributed by atoms with Gasteiger partial charge in [-0.15, -0.1) is 5.10 Å². The van der Waals surface area contributed by atoms with E-state index in [4.69, 9.17) is 0 Å². The minimum Gasteiger partial charge on any atom is -0.273 e. The van der Waals surface area contributed by atoms with Crippen LogP contribution in [0, 0.1) is 6.92 Å². The van der Waals surface area contributed by atoms with Gasteiger partial charge in [0, 0.05) is 19.3 Å². The quantitative estimate of drug-likeness (QED) is 0.728. The molecule has 0 radical (unpaired) electrons. The number of tetrazole rings is 1. The molecule has 0 aliphatic rings. The Kier molecular flexibility index (Phi) is 2.75. The molecule has 0 bridgehead atoms. The molecule has 0 aliphatic carbocycles. The van der Waals surface area contributed by atoms with E-state index in [2.05, 4.69) is 33.7 Å². The second-order valence-corrected chi connectivity index (χ2v) is 3.40. The highest BCUT2D eigenvalue weighted by Gasteiger charge is 2.02. The molecule has 0 N–H and O–H groups in total. The maximum absolute atomic E-state index is 4.21. The Balaban J connectivity index is 1.96. The smallest absolute Gasteiger partial charge is 0.148 e. The number of rotatable bonds is 4. The maximum atomic E-state index is 4.21. The number of hydrogen-bond acceptors (Lipinski definition) is 4. The first-order valence-electron chi connectivity index (χ1n) is 5.03. The summed E-state index contributed by atoms with van der Waals surface area (Å²) < 4.78 is 3.71. The van der Waals surface area contributed by atoms with Crippen LogP contribution in [0.15, 0.2) is 12.4 Å². The standard InChI is InChI=1S/C9H14N6/c1-3-14-7-9(6-10-14)4-5-15-8(2)11-12-13-15/h6-7H,3-5H2,1-2H3. The fourth-order valence-electron chi connectivity index (χ4n) is 1.40. The SMILES string of the molecule is CCn1cc(CCn2nnnc2C)cn1. The van der Waals surface area contributed by atoms with Crippen LogP contribution < -0.4 is 0 Å². The van der Waals surface area contributed by atoms with E-state index in [1.54, 1.807) is 4.68 Å². The van der Waals surface area contributed by atoms with E-state index < -0.39 is 0 Å². The lowest BCUT2D eigenvalue weighted by Gasteiger charge is -1.98. The first-order valence-corrected chi connectivity index (χ1v) is 5.03. The van der Waals surface area contributed by atoms with Crippen molar-refractivity contribution in [1.29, 1.82) is 0 Å².